The molecule has 1 aromatic carbocycles. The molecule has 26 heavy (non-hydrogen) atoms. The summed E-state index contributed by atoms with van der Waals surface area (Å²) in [6.07, 6.45) is -0.638. The number of rotatable bonds is 6. The van der Waals surface area contributed by atoms with Gasteiger partial charge in [0.2, 0.25) is 0 Å². The second-order valence-corrected chi connectivity index (χ2v) is 6.51. The first kappa shape index (κ1) is 18.5. The normalized spacial score (nSPS) is 25.5. The van der Waals surface area contributed by atoms with Gasteiger partial charge in [-0.2, -0.15) is 0 Å². The summed E-state index contributed by atoms with van der Waals surface area (Å²) >= 11 is 0. The minimum atomic E-state index is -1.31. The number of halogens is 1. The molecule has 1 fully saturated rings. The molecule has 0 N–H and O–H groups in total. The Kier molecular flexibility index (Phi) is 5.68. The summed E-state index contributed by atoms with van der Waals surface area (Å²) in [4.78, 5) is 24.7. The van der Waals surface area contributed by atoms with E-state index in [0.29, 0.717) is 6.42 Å². The smallest absolute Gasteiger partial charge is 0.335 e. The van der Waals surface area contributed by atoms with Crippen LogP contribution in [0, 0.1) is 5.92 Å². The van der Waals surface area contributed by atoms with Gasteiger partial charge in [0.1, 0.15) is 6.73 Å². The molecular formula is C19H23FN2O4. The van der Waals surface area contributed by atoms with Crippen LogP contribution in [0.2, 0.25) is 0 Å². The van der Waals surface area contributed by atoms with E-state index in [-0.39, 0.29) is 25.4 Å². The molecule has 140 valence electrons. The molecule has 1 aliphatic rings. The molecule has 0 bridgehead atoms. The standard InChI is InChI=1S/C19H23FN2O4/c1-3-15-13(2)17(20)18(26-15)21-10-9-16(23)22(19(21)24)12-25-11-14-7-5-4-6-8-14/h4-10,13,15,17-18H,3,11-12H2,1-2H3/t13-,15-,17+,18+/m1/s1. The molecule has 7 heteroatoms. The molecule has 0 saturated carbocycles. The Bertz CT molecular complexity index is 849. The van der Waals surface area contributed by atoms with Crippen LogP contribution in [0.4, 0.5) is 4.39 Å². The van der Waals surface area contributed by atoms with Crippen LogP contribution in [0.3, 0.4) is 0 Å². The fraction of sp³-hybridized carbons (Fsp3) is 0.474. The second kappa shape index (κ2) is 7.97. The fourth-order valence-electron chi connectivity index (χ4n) is 3.20. The SMILES string of the molecule is CC[C@H]1O[C@H](n2ccc(=O)n(COCc3ccccc3)c2=O)[C@@H](F)[C@@H]1C. The Morgan fingerprint density at radius 2 is 1.92 bits per heavy atom. The molecule has 1 aliphatic heterocycles. The van der Waals surface area contributed by atoms with Gasteiger partial charge in [0.25, 0.3) is 5.56 Å². The van der Waals surface area contributed by atoms with E-state index in [2.05, 4.69) is 0 Å². The van der Waals surface area contributed by atoms with E-state index >= 15 is 0 Å². The fourth-order valence-corrected chi connectivity index (χ4v) is 3.20. The summed E-state index contributed by atoms with van der Waals surface area (Å²) in [5.41, 5.74) is -0.200. The average Bonchev–Trinajstić information content (AvgIpc) is 2.93. The summed E-state index contributed by atoms with van der Waals surface area (Å²) < 4.78 is 27.9. The molecule has 6 nitrogen and oxygen atoms in total. The molecule has 3 rings (SSSR count). The molecule has 2 heterocycles. The van der Waals surface area contributed by atoms with Crippen molar-refractivity contribution in [1.29, 1.82) is 0 Å². The highest BCUT2D eigenvalue weighted by atomic mass is 19.1. The van der Waals surface area contributed by atoms with E-state index in [4.69, 9.17) is 9.47 Å². The number of benzene rings is 1. The number of nitrogens with zero attached hydrogens (tertiary/aromatic N) is 2. The van der Waals surface area contributed by atoms with Gasteiger partial charge in [0, 0.05) is 18.2 Å². The zero-order valence-electron chi connectivity index (χ0n) is 14.9. The zero-order chi connectivity index (χ0) is 18.7. The van der Waals surface area contributed by atoms with Gasteiger partial charge in [-0.05, 0) is 12.0 Å². The minimum absolute atomic E-state index is 0.205. The van der Waals surface area contributed by atoms with Crippen molar-refractivity contribution in [3.05, 3.63) is 69.0 Å². The molecule has 0 spiro atoms. The van der Waals surface area contributed by atoms with Crippen molar-refractivity contribution in [3.8, 4) is 0 Å². The summed E-state index contributed by atoms with van der Waals surface area (Å²) in [5.74, 6) is -0.313. The predicted molar refractivity (Wildman–Crippen MR) is 94.5 cm³/mol. The number of hydrogen-bond donors (Lipinski definition) is 0. The molecule has 0 unspecified atom stereocenters. The van der Waals surface area contributed by atoms with Crippen LogP contribution in [0.1, 0.15) is 32.1 Å². The molecule has 0 radical (unpaired) electrons. The Hall–Kier alpha value is -2.25. The van der Waals surface area contributed by atoms with Gasteiger partial charge in [0.05, 0.1) is 12.7 Å². The van der Waals surface area contributed by atoms with Gasteiger partial charge in [-0.1, -0.05) is 44.2 Å². The van der Waals surface area contributed by atoms with E-state index < -0.39 is 23.6 Å². The lowest BCUT2D eigenvalue weighted by atomic mass is 10.00. The Morgan fingerprint density at radius 1 is 1.19 bits per heavy atom. The average molecular weight is 362 g/mol. The predicted octanol–water partition coefficient (Wildman–Crippen LogP) is 2.47. The Morgan fingerprint density at radius 3 is 2.58 bits per heavy atom. The molecule has 0 aliphatic carbocycles. The largest absolute Gasteiger partial charge is 0.356 e. The highest BCUT2D eigenvalue weighted by Crippen LogP contribution is 2.36. The molecule has 1 aromatic heterocycles. The van der Waals surface area contributed by atoms with Crippen LogP contribution in [0.25, 0.3) is 0 Å². The summed E-state index contributed by atoms with van der Waals surface area (Å²) in [7, 11) is 0. The molecule has 2 aromatic rings. The third-order valence-electron chi connectivity index (χ3n) is 4.78. The summed E-state index contributed by atoms with van der Waals surface area (Å²) in [5, 5.41) is 0. The van der Waals surface area contributed by atoms with Gasteiger partial charge in [-0.3, -0.25) is 9.36 Å². The van der Waals surface area contributed by atoms with Crippen molar-refractivity contribution in [2.75, 3.05) is 0 Å². The number of aromatic nitrogens is 2. The number of ether oxygens (including phenoxy) is 2. The number of alkyl halides is 1. The van der Waals surface area contributed by atoms with E-state index in [1.807, 2.05) is 37.3 Å². The Labute approximate surface area is 150 Å². The van der Waals surface area contributed by atoms with Crippen molar-refractivity contribution in [2.45, 2.75) is 52.1 Å². The van der Waals surface area contributed by atoms with E-state index in [1.54, 1.807) is 6.92 Å². The first-order valence-electron chi connectivity index (χ1n) is 8.76. The molecule has 0 amide bonds. The third-order valence-corrected chi connectivity index (χ3v) is 4.78. The minimum Gasteiger partial charge on any atom is -0.356 e. The lowest BCUT2D eigenvalue weighted by Crippen LogP contribution is -2.42. The second-order valence-electron chi connectivity index (χ2n) is 6.51. The zero-order valence-corrected chi connectivity index (χ0v) is 14.9. The summed E-state index contributed by atoms with van der Waals surface area (Å²) in [6, 6.07) is 10.7. The van der Waals surface area contributed by atoms with Crippen LogP contribution in [-0.4, -0.2) is 21.4 Å². The maximum absolute atomic E-state index is 14.6. The van der Waals surface area contributed by atoms with Crippen LogP contribution in [-0.2, 0) is 22.8 Å². The quantitative estimate of drug-likeness (QED) is 0.792. The first-order valence-corrected chi connectivity index (χ1v) is 8.76. The number of hydrogen-bond acceptors (Lipinski definition) is 4. The van der Waals surface area contributed by atoms with Crippen molar-refractivity contribution in [1.82, 2.24) is 9.13 Å². The summed E-state index contributed by atoms with van der Waals surface area (Å²) in [6.45, 7) is 3.74. The van der Waals surface area contributed by atoms with Gasteiger partial charge < -0.3 is 9.47 Å². The van der Waals surface area contributed by atoms with Crippen molar-refractivity contribution >= 4 is 0 Å². The van der Waals surface area contributed by atoms with Crippen molar-refractivity contribution in [2.24, 2.45) is 5.92 Å². The van der Waals surface area contributed by atoms with Crippen molar-refractivity contribution in [3.63, 3.8) is 0 Å². The van der Waals surface area contributed by atoms with Gasteiger partial charge in [0.15, 0.2) is 12.4 Å². The van der Waals surface area contributed by atoms with E-state index in [0.717, 1.165) is 14.7 Å². The lowest BCUT2D eigenvalue weighted by Gasteiger charge is -2.18. The van der Waals surface area contributed by atoms with E-state index in [1.165, 1.54) is 12.3 Å². The van der Waals surface area contributed by atoms with Crippen LogP contribution in [0.5, 0.6) is 0 Å². The first-order chi connectivity index (χ1) is 12.5. The highest BCUT2D eigenvalue weighted by molar-refractivity contribution is 5.13. The maximum Gasteiger partial charge on any atom is 0.335 e. The van der Waals surface area contributed by atoms with Gasteiger partial charge >= 0.3 is 5.69 Å². The van der Waals surface area contributed by atoms with Crippen molar-refractivity contribution < 1.29 is 13.9 Å². The third kappa shape index (κ3) is 3.64. The maximum atomic E-state index is 14.6. The van der Waals surface area contributed by atoms with Crippen LogP contribution >= 0.6 is 0 Å². The molecule has 1 saturated heterocycles. The monoisotopic (exact) mass is 362 g/mol. The van der Waals surface area contributed by atoms with Crippen LogP contribution < -0.4 is 11.2 Å². The van der Waals surface area contributed by atoms with E-state index in [9.17, 15) is 14.0 Å². The van der Waals surface area contributed by atoms with Gasteiger partial charge in [-0.15, -0.1) is 0 Å². The topological polar surface area (TPSA) is 62.5 Å². The lowest BCUT2D eigenvalue weighted by molar-refractivity contribution is -0.0263. The molecular weight excluding hydrogens is 339 g/mol. The molecule has 4 atom stereocenters. The highest BCUT2D eigenvalue weighted by Gasteiger charge is 2.42. The Balaban J connectivity index is 1.79. The van der Waals surface area contributed by atoms with Crippen LogP contribution in [0.15, 0.2) is 52.2 Å². The van der Waals surface area contributed by atoms with Gasteiger partial charge in [-0.25, -0.2) is 13.8 Å².